The standard InChI is InChI=1S/C28H48N2OS2/c1-27(2,3)21-17-22(28(4,5)6)19-23(18-21)33-25-14-11-10-13-24(25)32-20-26(31)30(9)16-12-15-29(7)8/h17-19,24-25H,10-16,20H2,1-9H3. The van der Waals surface area contributed by atoms with Gasteiger partial charge in [0, 0.05) is 29.0 Å². The molecule has 33 heavy (non-hydrogen) atoms. The predicted octanol–water partition coefficient (Wildman–Crippen LogP) is 6.83. The number of carbonyl (C=O) groups is 1. The topological polar surface area (TPSA) is 23.6 Å². The normalized spacial score (nSPS) is 19.7. The van der Waals surface area contributed by atoms with Crippen molar-refractivity contribution in [3.63, 3.8) is 0 Å². The average molecular weight is 493 g/mol. The lowest BCUT2D eigenvalue weighted by Gasteiger charge is -2.32. The lowest BCUT2D eigenvalue weighted by molar-refractivity contribution is -0.127. The first-order valence-electron chi connectivity index (χ1n) is 12.6. The van der Waals surface area contributed by atoms with Crippen LogP contribution in [0.4, 0.5) is 0 Å². The Morgan fingerprint density at radius 3 is 1.94 bits per heavy atom. The maximum Gasteiger partial charge on any atom is 0.232 e. The van der Waals surface area contributed by atoms with Crippen LogP contribution < -0.4 is 0 Å². The van der Waals surface area contributed by atoms with Gasteiger partial charge in [-0.2, -0.15) is 0 Å². The van der Waals surface area contributed by atoms with Gasteiger partial charge >= 0.3 is 0 Å². The highest BCUT2D eigenvalue weighted by atomic mass is 32.2. The molecular formula is C28H48N2OS2. The van der Waals surface area contributed by atoms with Crippen LogP contribution >= 0.6 is 23.5 Å². The Morgan fingerprint density at radius 1 is 0.879 bits per heavy atom. The molecule has 2 unspecified atom stereocenters. The number of rotatable bonds is 9. The molecule has 0 N–H and O–H groups in total. The molecule has 2 atom stereocenters. The quantitative estimate of drug-likeness (QED) is 0.377. The lowest BCUT2D eigenvalue weighted by Crippen LogP contribution is -2.33. The number of hydrogen-bond acceptors (Lipinski definition) is 4. The summed E-state index contributed by atoms with van der Waals surface area (Å²) < 4.78 is 0. The zero-order chi connectivity index (χ0) is 24.8. The number of nitrogens with zero attached hydrogens (tertiary/aromatic N) is 2. The molecule has 0 bridgehead atoms. The van der Waals surface area contributed by atoms with Crippen molar-refractivity contribution in [1.82, 2.24) is 9.80 Å². The summed E-state index contributed by atoms with van der Waals surface area (Å²) >= 11 is 3.96. The number of benzene rings is 1. The van der Waals surface area contributed by atoms with Crippen molar-refractivity contribution in [2.24, 2.45) is 0 Å². The van der Waals surface area contributed by atoms with Gasteiger partial charge in [0.1, 0.15) is 0 Å². The van der Waals surface area contributed by atoms with Crippen molar-refractivity contribution in [3.8, 4) is 0 Å². The largest absolute Gasteiger partial charge is 0.345 e. The van der Waals surface area contributed by atoms with Gasteiger partial charge in [0.2, 0.25) is 5.91 Å². The summed E-state index contributed by atoms with van der Waals surface area (Å²) in [6, 6.07) is 7.24. The van der Waals surface area contributed by atoms with Crippen LogP contribution in [-0.4, -0.2) is 66.2 Å². The Morgan fingerprint density at radius 2 is 1.42 bits per heavy atom. The first kappa shape index (κ1) is 28.6. The molecule has 1 saturated carbocycles. The fraction of sp³-hybridized carbons (Fsp3) is 0.750. The van der Waals surface area contributed by atoms with Gasteiger partial charge in [-0.1, -0.05) is 60.5 Å². The SMILES string of the molecule is CN(C)CCCN(C)C(=O)CSC1CCCCC1Sc1cc(C(C)(C)C)cc(C(C)(C)C)c1. The molecule has 0 radical (unpaired) electrons. The van der Waals surface area contributed by atoms with Gasteiger partial charge in [0.05, 0.1) is 5.75 Å². The van der Waals surface area contributed by atoms with Gasteiger partial charge in [0.15, 0.2) is 0 Å². The van der Waals surface area contributed by atoms with Gasteiger partial charge in [-0.25, -0.2) is 0 Å². The molecule has 0 aromatic heterocycles. The van der Waals surface area contributed by atoms with Crippen LogP contribution in [0.25, 0.3) is 0 Å². The lowest BCUT2D eigenvalue weighted by atomic mass is 9.81. The van der Waals surface area contributed by atoms with E-state index in [4.69, 9.17) is 0 Å². The number of thioether (sulfide) groups is 2. The molecule has 0 saturated heterocycles. The van der Waals surface area contributed by atoms with E-state index in [1.165, 1.54) is 41.7 Å². The molecule has 2 rings (SSSR count). The Bertz CT molecular complexity index is 732. The molecule has 0 aliphatic heterocycles. The van der Waals surface area contributed by atoms with E-state index < -0.39 is 0 Å². The fourth-order valence-electron chi connectivity index (χ4n) is 4.13. The zero-order valence-electron chi connectivity index (χ0n) is 22.7. The third-order valence-corrected chi connectivity index (χ3v) is 9.47. The van der Waals surface area contributed by atoms with E-state index >= 15 is 0 Å². The first-order valence-corrected chi connectivity index (χ1v) is 14.5. The van der Waals surface area contributed by atoms with Gasteiger partial charge in [0.25, 0.3) is 0 Å². The van der Waals surface area contributed by atoms with Crippen molar-refractivity contribution >= 4 is 29.4 Å². The molecular weight excluding hydrogens is 444 g/mol. The molecule has 5 heteroatoms. The Labute approximate surface area is 212 Å². The zero-order valence-corrected chi connectivity index (χ0v) is 24.3. The minimum atomic E-state index is 0.140. The van der Waals surface area contributed by atoms with Crippen LogP contribution in [0.5, 0.6) is 0 Å². The minimum Gasteiger partial charge on any atom is -0.345 e. The van der Waals surface area contributed by atoms with E-state index in [1.54, 1.807) is 0 Å². The van der Waals surface area contributed by atoms with Gasteiger partial charge in [-0.05, 0) is 74.0 Å². The number of hydrogen-bond donors (Lipinski definition) is 0. The van der Waals surface area contributed by atoms with Gasteiger partial charge < -0.3 is 9.80 Å². The summed E-state index contributed by atoms with van der Waals surface area (Å²) in [6.45, 7) is 15.7. The summed E-state index contributed by atoms with van der Waals surface area (Å²) in [6.07, 6.45) is 6.10. The highest BCUT2D eigenvalue weighted by Gasteiger charge is 2.29. The van der Waals surface area contributed by atoms with E-state index in [0.717, 1.165) is 19.5 Å². The van der Waals surface area contributed by atoms with E-state index in [0.29, 0.717) is 16.3 Å². The molecule has 1 aromatic carbocycles. The monoisotopic (exact) mass is 492 g/mol. The van der Waals surface area contributed by atoms with Crippen molar-refractivity contribution in [1.29, 1.82) is 0 Å². The van der Waals surface area contributed by atoms with Gasteiger partial charge in [-0.3, -0.25) is 4.79 Å². The fourth-order valence-corrected chi connectivity index (χ4v) is 7.11. The molecule has 1 fully saturated rings. The molecule has 1 aliphatic rings. The second kappa shape index (κ2) is 12.4. The Hall–Kier alpha value is -0.650. The number of amides is 1. The molecule has 0 heterocycles. The second-order valence-corrected chi connectivity index (χ2v) is 14.5. The van der Waals surface area contributed by atoms with Crippen LogP contribution in [0.15, 0.2) is 23.1 Å². The smallest absolute Gasteiger partial charge is 0.232 e. The predicted molar refractivity (Wildman–Crippen MR) is 149 cm³/mol. The van der Waals surface area contributed by atoms with Crippen molar-refractivity contribution in [2.75, 3.05) is 40.0 Å². The van der Waals surface area contributed by atoms with Crippen molar-refractivity contribution < 1.29 is 4.79 Å². The molecule has 1 aliphatic carbocycles. The summed E-state index contributed by atoms with van der Waals surface area (Å²) in [5.41, 5.74) is 3.13. The molecule has 3 nitrogen and oxygen atoms in total. The van der Waals surface area contributed by atoms with E-state index in [-0.39, 0.29) is 16.7 Å². The van der Waals surface area contributed by atoms with E-state index in [9.17, 15) is 4.79 Å². The van der Waals surface area contributed by atoms with Gasteiger partial charge in [-0.15, -0.1) is 23.5 Å². The maximum atomic E-state index is 12.7. The summed E-state index contributed by atoms with van der Waals surface area (Å²) in [4.78, 5) is 18.2. The van der Waals surface area contributed by atoms with Crippen molar-refractivity contribution in [2.45, 2.75) is 99.9 Å². The molecule has 0 spiro atoms. The van der Waals surface area contributed by atoms with Crippen LogP contribution in [0.1, 0.15) is 84.8 Å². The van der Waals surface area contributed by atoms with Crippen LogP contribution in [0, 0.1) is 0 Å². The minimum absolute atomic E-state index is 0.140. The molecule has 1 aromatic rings. The summed E-state index contributed by atoms with van der Waals surface area (Å²) in [5, 5.41) is 1.14. The highest BCUT2D eigenvalue weighted by Crippen LogP contribution is 2.42. The van der Waals surface area contributed by atoms with Crippen LogP contribution in [0.3, 0.4) is 0 Å². The third-order valence-electron chi connectivity index (χ3n) is 6.51. The summed E-state index contributed by atoms with van der Waals surface area (Å²) in [7, 11) is 6.12. The molecule has 1 amide bonds. The van der Waals surface area contributed by atoms with E-state index in [2.05, 4.69) is 90.5 Å². The van der Waals surface area contributed by atoms with E-state index in [1.807, 2.05) is 23.7 Å². The highest BCUT2D eigenvalue weighted by molar-refractivity contribution is 8.04. The first-order chi connectivity index (χ1) is 15.3. The Balaban J connectivity index is 2.06. The number of carbonyl (C=O) groups excluding carboxylic acids is 1. The second-order valence-electron chi connectivity index (χ2n) is 12.0. The average Bonchev–Trinajstić information content (AvgIpc) is 2.71. The van der Waals surface area contributed by atoms with Crippen molar-refractivity contribution in [3.05, 3.63) is 29.3 Å². The summed E-state index contributed by atoms with van der Waals surface area (Å²) in [5.74, 6) is 0.882. The Kier molecular flexibility index (Phi) is 10.7. The van der Waals surface area contributed by atoms with Crippen LogP contribution in [-0.2, 0) is 15.6 Å². The third kappa shape index (κ3) is 9.49. The maximum absolute atomic E-state index is 12.7. The van der Waals surface area contributed by atoms with Crippen LogP contribution in [0.2, 0.25) is 0 Å². The molecule has 188 valence electrons.